The van der Waals surface area contributed by atoms with Gasteiger partial charge >= 0.3 is 0 Å². The molecule has 1 aliphatic rings. The third kappa shape index (κ3) is 19.2. The minimum absolute atomic E-state index is 0.833. The number of nitrogens with zero attached hydrogens (tertiary/aromatic N) is 2. The molecule has 0 spiro atoms. The minimum atomic E-state index is -0.833. The first-order valence-corrected chi connectivity index (χ1v) is 11.0. The van der Waals surface area contributed by atoms with Gasteiger partial charge in [-0.3, -0.25) is 14.8 Å². The van der Waals surface area contributed by atoms with Crippen molar-refractivity contribution in [2.75, 3.05) is 13.1 Å². The van der Waals surface area contributed by atoms with Gasteiger partial charge in [0.05, 0.1) is 13.1 Å². The molecule has 0 aromatic heterocycles. The lowest BCUT2D eigenvalue weighted by Crippen LogP contribution is -2.33. The number of aliphatic carboxylic acids is 1. The Labute approximate surface area is 167 Å². The smallest absolute Gasteiger partial charge is 0.300 e. The standard InChI is InChI=1S/C20H39N3.C2H4O2/c1-2-3-4-5-6-7-8-9-10-11-12-13-14-15-16-17-20-22-18-19-23(20)21;1-2(3)4/h16-17H,2-15,18-19,21H2,1H3;1H3,(H,3,4). The van der Waals surface area contributed by atoms with Crippen molar-refractivity contribution in [2.45, 2.75) is 104 Å². The molecule has 0 bridgehead atoms. The number of carboxylic acids is 1. The monoisotopic (exact) mass is 381 g/mol. The summed E-state index contributed by atoms with van der Waals surface area (Å²) in [7, 11) is 0. The molecular weight excluding hydrogens is 338 g/mol. The van der Waals surface area contributed by atoms with E-state index in [1.54, 1.807) is 5.01 Å². The first-order valence-electron chi connectivity index (χ1n) is 11.0. The number of rotatable bonds is 15. The highest BCUT2D eigenvalue weighted by atomic mass is 16.4. The van der Waals surface area contributed by atoms with Crippen LogP contribution in [0.5, 0.6) is 0 Å². The molecule has 5 nitrogen and oxygen atoms in total. The number of unbranched alkanes of at least 4 members (excludes halogenated alkanes) is 13. The Morgan fingerprint density at radius 3 is 1.85 bits per heavy atom. The largest absolute Gasteiger partial charge is 0.481 e. The van der Waals surface area contributed by atoms with Crippen LogP contribution in [-0.2, 0) is 4.79 Å². The number of hydrazine groups is 1. The number of amidine groups is 1. The van der Waals surface area contributed by atoms with Crippen LogP contribution in [0.4, 0.5) is 0 Å². The van der Waals surface area contributed by atoms with Gasteiger partial charge in [0.2, 0.25) is 0 Å². The van der Waals surface area contributed by atoms with Crippen molar-refractivity contribution in [3.8, 4) is 0 Å². The number of allylic oxidation sites excluding steroid dienone is 1. The van der Waals surface area contributed by atoms with Crippen LogP contribution < -0.4 is 5.84 Å². The number of aliphatic imine (C=N–C) groups is 1. The van der Waals surface area contributed by atoms with E-state index in [0.717, 1.165) is 32.3 Å². The Morgan fingerprint density at radius 1 is 1.00 bits per heavy atom. The first kappa shape index (κ1) is 25.6. The van der Waals surface area contributed by atoms with Crippen LogP contribution in [0.25, 0.3) is 0 Å². The quantitative estimate of drug-likeness (QED) is 0.281. The van der Waals surface area contributed by atoms with Gasteiger partial charge in [0.1, 0.15) is 5.84 Å². The normalized spacial score (nSPS) is 13.6. The molecule has 27 heavy (non-hydrogen) atoms. The molecule has 1 heterocycles. The fraction of sp³-hybridized carbons (Fsp3) is 0.818. The Morgan fingerprint density at radius 2 is 1.44 bits per heavy atom. The van der Waals surface area contributed by atoms with Gasteiger partial charge in [-0.15, -0.1) is 0 Å². The van der Waals surface area contributed by atoms with Gasteiger partial charge < -0.3 is 5.11 Å². The summed E-state index contributed by atoms with van der Waals surface area (Å²) < 4.78 is 0. The van der Waals surface area contributed by atoms with Crippen molar-refractivity contribution >= 4 is 11.8 Å². The van der Waals surface area contributed by atoms with E-state index in [2.05, 4.69) is 24.1 Å². The van der Waals surface area contributed by atoms with Gasteiger partial charge in [0.25, 0.3) is 5.97 Å². The van der Waals surface area contributed by atoms with Crippen molar-refractivity contribution in [1.29, 1.82) is 0 Å². The summed E-state index contributed by atoms with van der Waals surface area (Å²) in [6, 6.07) is 0. The topological polar surface area (TPSA) is 78.9 Å². The SMILES string of the molecule is CC(=O)O.CCCCCCCCCCCCCCCC=CC1=NCCN1N. The lowest BCUT2D eigenvalue weighted by molar-refractivity contribution is -0.134. The highest BCUT2D eigenvalue weighted by molar-refractivity contribution is 5.93. The average Bonchev–Trinajstić information content (AvgIpc) is 3.03. The van der Waals surface area contributed by atoms with Crippen LogP contribution in [0.3, 0.4) is 0 Å². The number of carboxylic acid groups (broad SMARTS) is 1. The van der Waals surface area contributed by atoms with E-state index < -0.39 is 5.97 Å². The molecule has 0 radical (unpaired) electrons. The van der Waals surface area contributed by atoms with Crippen molar-refractivity contribution < 1.29 is 9.90 Å². The van der Waals surface area contributed by atoms with E-state index in [0.29, 0.717) is 0 Å². The summed E-state index contributed by atoms with van der Waals surface area (Å²) in [5.41, 5.74) is 0. The molecule has 158 valence electrons. The summed E-state index contributed by atoms with van der Waals surface area (Å²) >= 11 is 0. The van der Waals surface area contributed by atoms with Crippen LogP contribution in [0.2, 0.25) is 0 Å². The molecule has 0 aromatic carbocycles. The van der Waals surface area contributed by atoms with E-state index in [-0.39, 0.29) is 0 Å². The van der Waals surface area contributed by atoms with E-state index >= 15 is 0 Å². The highest BCUT2D eigenvalue weighted by Crippen LogP contribution is 2.13. The van der Waals surface area contributed by atoms with E-state index in [1.807, 2.05) is 0 Å². The molecule has 3 N–H and O–H groups in total. The number of hydrogen-bond donors (Lipinski definition) is 2. The predicted molar refractivity (Wildman–Crippen MR) is 116 cm³/mol. The van der Waals surface area contributed by atoms with E-state index in [9.17, 15) is 0 Å². The van der Waals surface area contributed by atoms with Gasteiger partial charge in [-0.2, -0.15) is 0 Å². The van der Waals surface area contributed by atoms with Crippen molar-refractivity contribution in [1.82, 2.24) is 5.01 Å². The molecule has 0 fully saturated rings. The summed E-state index contributed by atoms with van der Waals surface area (Å²) in [6.45, 7) is 5.07. The van der Waals surface area contributed by atoms with Crippen LogP contribution >= 0.6 is 0 Å². The van der Waals surface area contributed by atoms with Gasteiger partial charge in [-0.25, -0.2) is 5.84 Å². The van der Waals surface area contributed by atoms with Gasteiger partial charge in [-0.1, -0.05) is 90.0 Å². The molecular formula is C22H43N3O2. The molecule has 1 aliphatic heterocycles. The maximum atomic E-state index is 9.00. The Kier molecular flexibility index (Phi) is 18.4. The zero-order chi connectivity index (χ0) is 20.2. The molecule has 0 unspecified atom stereocenters. The van der Waals surface area contributed by atoms with Crippen LogP contribution in [0.1, 0.15) is 104 Å². The summed E-state index contributed by atoms with van der Waals surface area (Å²) in [4.78, 5) is 13.4. The number of hydrogen-bond acceptors (Lipinski definition) is 4. The molecule has 0 saturated heterocycles. The zero-order valence-corrected chi connectivity index (χ0v) is 17.8. The number of carbonyl (C=O) groups is 1. The van der Waals surface area contributed by atoms with Crippen molar-refractivity contribution in [3.63, 3.8) is 0 Å². The van der Waals surface area contributed by atoms with E-state index in [4.69, 9.17) is 15.7 Å². The second kappa shape index (κ2) is 19.4. The Bertz CT molecular complexity index is 404. The van der Waals surface area contributed by atoms with Crippen LogP contribution in [0, 0.1) is 0 Å². The molecule has 1 rings (SSSR count). The molecule has 5 heteroatoms. The Hall–Kier alpha value is -1.36. The fourth-order valence-corrected chi connectivity index (χ4v) is 3.09. The van der Waals surface area contributed by atoms with Crippen molar-refractivity contribution in [2.24, 2.45) is 10.8 Å². The molecule has 0 aliphatic carbocycles. The van der Waals surface area contributed by atoms with E-state index in [1.165, 1.54) is 83.5 Å². The predicted octanol–water partition coefficient (Wildman–Crippen LogP) is 5.70. The lowest BCUT2D eigenvalue weighted by Gasteiger charge is -2.08. The molecule has 0 atom stereocenters. The lowest BCUT2D eigenvalue weighted by atomic mass is 10.0. The molecule has 0 saturated carbocycles. The molecule has 0 aromatic rings. The summed E-state index contributed by atoms with van der Waals surface area (Å²) in [6.07, 6.45) is 23.9. The van der Waals surface area contributed by atoms with Gasteiger partial charge in [0.15, 0.2) is 0 Å². The maximum Gasteiger partial charge on any atom is 0.300 e. The summed E-state index contributed by atoms with van der Waals surface area (Å²) in [5.74, 6) is 5.90. The molecule has 0 amide bonds. The summed E-state index contributed by atoms with van der Waals surface area (Å²) in [5, 5.41) is 9.15. The van der Waals surface area contributed by atoms with Gasteiger partial charge in [-0.05, 0) is 18.9 Å². The third-order valence-electron chi connectivity index (χ3n) is 4.65. The van der Waals surface area contributed by atoms with Gasteiger partial charge in [0, 0.05) is 6.92 Å². The minimum Gasteiger partial charge on any atom is -0.481 e. The number of nitrogens with two attached hydrogens (primary N) is 1. The average molecular weight is 382 g/mol. The van der Waals surface area contributed by atoms with Crippen LogP contribution in [0.15, 0.2) is 17.1 Å². The third-order valence-corrected chi connectivity index (χ3v) is 4.65. The highest BCUT2D eigenvalue weighted by Gasteiger charge is 2.08. The maximum absolute atomic E-state index is 9.00. The second-order valence-electron chi connectivity index (χ2n) is 7.39. The van der Waals surface area contributed by atoms with Crippen molar-refractivity contribution in [3.05, 3.63) is 12.2 Å². The fourth-order valence-electron chi connectivity index (χ4n) is 3.09. The second-order valence-corrected chi connectivity index (χ2v) is 7.39. The first-order chi connectivity index (χ1) is 13.1. The van der Waals surface area contributed by atoms with Crippen LogP contribution in [-0.4, -0.2) is 35.0 Å². The Balaban J connectivity index is 0.00000153. The zero-order valence-electron chi connectivity index (χ0n) is 17.8.